The van der Waals surface area contributed by atoms with Gasteiger partial charge in [-0.3, -0.25) is 15.0 Å². The normalized spacial score (nSPS) is 25.0. The van der Waals surface area contributed by atoms with Crippen LogP contribution >= 0.6 is 0 Å². The number of ether oxygens (including phenoxy) is 1. The third-order valence-electron chi connectivity index (χ3n) is 3.30. The molecule has 1 aromatic rings. The Bertz CT molecular complexity index is 436. The number of benzene rings is 1. The molecule has 1 aliphatic rings. The Morgan fingerprint density at radius 2 is 2.17 bits per heavy atom. The second-order valence-electron chi connectivity index (χ2n) is 4.81. The number of nitro groups is 1. The quantitative estimate of drug-likeness (QED) is 0.609. The van der Waals surface area contributed by atoms with Crippen molar-refractivity contribution in [3.05, 3.63) is 39.9 Å². The van der Waals surface area contributed by atoms with Gasteiger partial charge in [-0.2, -0.15) is 0 Å². The van der Waals surface area contributed by atoms with Crippen molar-refractivity contribution in [2.45, 2.75) is 32.5 Å². The molecule has 98 valence electrons. The summed E-state index contributed by atoms with van der Waals surface area (Å²) < 4.78 is 5.56. The van der Waals surface area contributed by atoms with E-state index in [4.69, 9.17) is 4.74 Å². The minimum absolute atomic E-state index is 0.184. The van der Waals surface area contributed by atoms with E-state index in [-0.39, 0.29) is 16.7 Å². The summed E-state index contributed by atoms with van der Waals surface area (Å²) in [5, 5.41) is 11.0. The number of morpholine rings is 1. The van der Waals surface area contributed by atoms with Crippen molar-refractivity contribution in [1.29, 1.82) is 0 Å². The molecule has 18 heavy (non-hydrogen) atoms. The lowest BCUT2D eigenvalue weighted by molar-refractivity contribution is -0.385. The summed E-state index contributed by atoms with van der Waals surface area (Å²) in [6.07, 6.45) is 0.184. The predicted octanol–water partition coefficient (Wildman–Crippen LogP) is 2.20. The van der Waals surface area contributed by atoms with Gasteiger partial charge in [0.25, 0.3) is 5.69 Å². The molecule has 0 aliphatic carbocycles. The molecule has 5 nitrogen and oxygen atoms in total. The summed E-state index contributed by atoms with van der Waals surface area (Å²) in [6.45, 7) is 6.21. The van der Waals surface area contributed by atoms with Crippen LogP contribution in [0.1, 0.15) is 19.4 Å². The number of rotatable bonds is 3. The number of hydrogen-bond acceptors (Lipinski definition) is 4. The van der Waals surface area contributed by atoms with Crippen molar-refractivity contribution in [2.24, 2.45) is 0 Å². The van der Waals surface area contributed by atoms with Gasteiger partial charge in [0.15, 0.2) is 0 Å². The molecule has 5 heteroatoms. The summed E-state index contributed by atoms with van der Waals surface area (Å²) in [5.74, 6) is 0. The fourth-order valence-electron chi connectivity index (χ4n) is 2.23. The zero-order valence-electron chi connectivity index (χ0n) is 10.7. The molecule has 0 saturated carbocycles. The Morgan fingerprint density at radius 1 is 1.44 bits per heavy atom. The van der Waals surface area contributed by atoms with Crippen molar-refractivity contribution in [1.82, 2.24) is 4.90 Å². The van der Waals surface area contributed by atoms with Gasteiger partial charge < -0.3 is 4.74 Å². The first-order valence-electron chi connectivity index (χ1n) is 6.16. The van der Waals surface area contributed by atoms with Gasteiger partial charge >= 0.3 is 0 Å². The maximum Gasteiger partial charge on any atom is 0.273 e. The topological polar surface area (TPSA) is 55.6 Å². The summed E-state index contributed by atoms with van der Waals surface area (Å²) in [6, 6.07) is 7.22. The number of nitro benzene ring substituents is 1. The van der Waals surface area contributed by atoms with Gasteiger partial charge in [-0.25, -0.2) is 0 Å². The molecular weight excluding hydrogens is 232 g/mol. The van der Waals surface area contributed by atoms with Crippen LogP contribution in [0.5, 0.6) is 0 Å². The molecule has 1 fully saturated rings. The first kappa shape index (κ1) is 13.0. The Labute approximate surface area is 107 Å². The Kier molecular flexibility index (Phi) is 3.93. The van der Waals surface area contributed by atoms with Gasteiger partial charge in [0, 0.05) is 30.8 Å². The van der Waals surface area contributed by atoms with E-state index >= 15 is 0 Å². The zero-order chi connectivity index (χ0) is 13.1. The molecule has 2 rings (SSSR count). The van der Waals surface area contributed by atoms with E-state index in [0.717, 1.165) is 12.1 Å². The van der Waals surface area contributed by atoms with Crippen molar-refractivity contribution in [3.8, 4) is 0 Å². The second kappa shape index (κ2) is 5.46. The molecule has 0 radical (unpaired) electrons. The van der Waals surface area contributed by atoms with Crippen LogP contribution in [0.25, 0.3) is 0 Å². The van der Waals surface area contributed by atoms with Gasteiger partial charge in [-0.15, -0.1) is 0 Å². The average molecular weight is 250 g/mol. The Hall–Kier alpha value is -1.46. The van der Waals surface area contributed by atoms with Crippen LogP contribution in [0.3, 0.4) is 0 Å². The summed E-state index contributed by atoms with van der Waals surface area (Å²) in [7, 11) is 0. The molecule has 0 bridgehead atoms. The molecule has 1 aliphatic heterocycles. The molecule has 0 N–H and O–H groups in total. The highest BCUT2D eigenvalue weighted by Gasteiger charge is 2.25. The Balaban J connectivity index is 2.15. The Morgan fingerprint density at radius 3 is 2.89 bits per heavy atom. The highest BCUT2D eigenvalue weighted by atomic mass is 16.6. The van der Waals surface area contributed by atoms with Crippen LogP contribution < -0.4 is 0 Å². The van der Waals surface area contributed by atoms with Gasteiger partial charge in [0.2, 0.25) is 0 Å². The fourth-order valence-corrected chi connectivity index (χ4v) is 2.23. The summed E-state index contributed by atoms with van der Waals surface area (Å²) in [4.78, 5) is 12.9. The molecule has 2 unspecified atom stereocenters. The maximum atomic E-state index is 11.0. The number of hydrogen-bond donors (Lipinski definition) is 0. The van der Waals surface area contributed by atoms with Crippen molar-refractivity contribution in [3.63, 3.8) is 0 Å². The molecule has 1 heterocycles. The van der Waals surface area contributed by atoms with Gasteiger partial charge in [-0.05, 0) is 13.8 Å². The molecule has 0 aromatic heterocycles. The summed E-state index contributed by atoms with van der Waals surface area (Å²) >= 11 is 0. The van der Waals surface area contributed by atoms with Crippen LogP contribution in [0.4, 0.5) is 5.69 Å². The van der Waals surface area contributed by atoms with E-state index in [9.17, 15) is 10.1 Å². The molecule has 1 aromatic carbocycles. The number of nitrogens with zero attached hydrogens (tertiary/aromatic N) is 2. The van der Waals surface area contributed by atoms with E-state index in [0.29, 0.717) is 19.2 Å². The predicted molar refractivity (Wildman–Crippen MR) is 68.4 cm³/mol. The largest absolute Gasteiger partial charge is 0.376 e. The van der Waals surface area contributed by atoms with Gasteiger partial charge in [0.05, 0.1) is 17.6 Å². The molecular formula is C13H18N2O3. The highest BCUT2D eigenvalue weighted by Crippen LogP contribution is 2.22. The third-order valence-corrected chi connectivity index (χ3v) is 3.30. The standard InChI is InChI=1S/C13H18N2O3/c1-10-9-18-11(2)7-14(10)8-12-5-3-4-6-13(12)15(16)17/h3-6,10-11H,7-9H2,1-2H3. The average Bonchev–Trinajstić information content (AvgIpc) is 2.34. The van der Waals surface area contributed by atoms with E-state index in [2.05, 4.69) is 11.8 Å². The zero-order valence-corrected chi connectivity index (χ0v) is 10.7. The third kappa shape index (κ3) is 2.86. The van der Waals surface area contributed by atoms with Crippen LogP contribution in [0, 0.1) is 10.1 Å². The van der Waals surface area contributed by atoms with E-state index in [1.807, 2.05) is 19.1 Å². The monoisotopic (exact) mass is 250 g/mol. The molecule has 0 spiro atoms. The minimum Gasteiger partial charge on any atom is -0.376 e. The minimum atomic E-state index is -0.316. The van der Waals surface area contributed by atoms with Crippen LogP contribution in [0.15, 0.2) is 24.3 Å². The molecule has 2 atom stereocenters. The maximum absolute atomic E-state index is 11.0. The number of para-hydroxylation sites is 1. The molecule has 0 amide bonds. The highest BCUT2D eigenvalue weighted by molar-refractivity contribution is 5.39. The van der Waals surface area contributed by atoms with Gasteiger partial charge in [0.1, 0.15) is 0 Å². The van der Waals surface area contributed by atoms with Gasteiger partial charge in [-0.1, -0.05) is 18.2 Å². The summed E-state index contributed by atoms with van der Waals surface area (Å²) in [5.41, 5.74) is 0.965. The van der Waals surface area contributed by atoms with Crippen LogP contribution in [-0.2, 0) is 11.3 Å². The van der Waals surface area contributed by atoms with Crippen LogP contribution in [-0.4, -0.2) is 35.1 Å². The van der Waals surface area contributed by atoms with Crippen LogP contribution in [0.2, 0.25) is 0 Å². The van der Waals surface area contributed by atoms with Crippen molar-refractivity contribution in [2.75, 3.05) is 13.2 Å². The molecule has 1 saturated heterocycles. The second-order valence-corrected chi connectivity index (χ2v) is 4.81. The first-order valence-corrected chi connectivity index (χ1v) is 6.16. The van der Waals surface area contributed by atoms with E-state index in [1.54, 1.807) is 12.1 Å². The smallest absolute Gasteiger partial charge is 0.273 e. The lowest BCUT2D eigenvalue weighted by atomic mass is 10.1. The van der Waals surface area contributed by atoms with E-state index < -0.39 is 0 Å². The van der Waals surface area contributed by atoms with Crippen molar-refractivity contribution < 1.29 is 9.66 Å². The lowest BCUT2D eigenvalue weighted by Crippen LogP contribution is -2.46. The van der Waals surface area contributed by atoms with E-state index in [1.165, 1.54) is 0 Å². The van der Waals surface area contributed by atoms with Crippen molar-refractivity contribution >= 4 is 5.69 Å². The first-order chi connectivity index (χ1) is 8.58. The lowest BCUT2D eigenvalue weighted by Gasteiger charge is -2.36. The fraction of sp³-hybridized carbons (Fsp3) is 0.538. The SMILES string of the molecule is CC1CN(Cc2ccccc2[N+](=O)[O-])C(C)CO1.